The van der Waals surface area contributed by atoms with Gasteiger partial charge in [0.2, 0.25) is 5.91 Å². The zero-order valence-electron chi connectivity index (χ0n) is 22.9. The number of hydrogen-bond acceptors (Lipinski definition) is 6. The minimum absolute atomic E-state index is 0.00144. The van der Waals surface area contributed by atoms with E-state index in [1.165, 1.54) is 4.90 Å². The number of likely N-dealkylation sites (tertiary alicyclic amines) is 1. The van der Waals surface area contributed by atoms with Crippen LogP contribution in [0.1, 0.15) is 90.0 Å². The molecule has 3 aliphatic rings. The summed E-state index contributed by atoms with van der Waals surface area (Å²) in [6.45, 7) is 6.12. The summed E-state index contributed by atoms with van der Waals surface area (Å²) in [7, 11) is 0. The first kappa shape index (κ1) is 28.2. The zero-order chi connectivity index (χ0) is 27.3. The van der Waals surface area contributed by atoms with Crippen molar-refractivity contribution in [3.63, 3.8) is 0 Å². The quantitative estimate of drug-likeness (QED) is 0.494. The zero-order valence-corrected chi connectivity index (χ0v) is 22.9. The number of nitrogens with one attached hydrogen (secondary N) is 1. The van der Waals surface area contributed by atoms with Gasteiger partial charge in [0, 0.05) is 13.0 Å². The van der Waals surface area contributed by atoms with Crippen molar-refractivity contribution in [2.45, 2.75) is 108 Å². The monoisotopic (exact) mass is 530 g/mol. The van der Waals surface area contributed by atoms with Gasteiger partial charge in [0.05, 0.1) is 24.3 Å². The minimum atomic E-state index is -0.954. The molecule has 1 aliphatic carbocycles. The van der Waals surface area contributed by atoms with Crippen molar-refractivity contribution in [2.24, 2.45) is 0 Å². The van der Waals surface area contributed by atoms with Crippen molar-refractivity contribution in [3.05, 3.63) is 29.8 Å². The van der Waals surface area contributed by atoms with E-state index in [2.05, 4.69) is 11.4 Å². The maximum absolute atomic E-state index is 12.3. The molecule has 1 saturated carbocycles. The number of amides is 2. The van der Waals surface area contributed by atoms with Crippen LogP contribution in [0.25, 0.3) is 0 Å². The lowest BCUT2D eigenvalue weighted by atomic mass is 9.75. The Hall–Kier alpha value is -2.81. The van der Waals surface area contributed by atoms with E-state index in [0.717, 1.165) is 56.9 Å². The predicted molar refractivity (Wildman–Crippen MR) is 141 cm³/mol. The van der Waals surface area contributed by atoms with Gasteiger partial charge in [0.15, 0.2) is 6.61 Å². The van der Waals surface area contributed by atoms with Crippen molar-refractivity contribution >= 4 is 18.0 Å². The van der Waals surface area contributed by atoms with E-state index in [1.54, 1.807) is 0 Å². The van der Waals surface area contributed by atoms with Crippen LogP contribution in [0, 0.1) is 0 Å². The molecule has 2 atom stereocenters. The number of rotatable bonds is 7. The summed E-state index contributed by atoms with van der Waals surface area (Å²) in [4.78, 5) is 37.9. The van der Waals surface area contributed by atoms with Crippen LogP contribution in [0.5, 0.6) is 5.75 Å². The number of esters is 1. The van der Waals surface area contributed by atoms with Gasteiger partial charge in [-0.1, -0.05) is 18.2 Å². The largest absolute Gasteiger partial charge is 0.482 e. The van der Waals surface area contributed by atoms with Crippen LogP contribution in [0.15, 0.2) is 24.3 Å². The van der Waals surface area contributed by atoms with Crippen LogP contribution in [0.4, 0.5) is 4.79 Å². The average Bonchev–Trinajstić information content (AvgIpc) is 2.86. The molecule has 2 amide bonds. The normalized spacial score (nSPS) is 28.0. The number of hydrogen-bond donors (Lipinski definition) is 2. The van der Waals surface area contributed by atoms with Crippen LogP contribution < -0.4 is 10.1 Å². The predicted octanol–water partition coefficient (Wildman–Crippen LogP) is 4.63. The molecular weight excluding hydrogens is 488 g/mol. The number of benzene rings is 1. The van der Waals surface area contributed by atoms with E-state index >= 15 is 0 Å². The number of para-hydroxylation sites is 1. The first-order chi connectivity index (χ1) is 18.1. The van der Waals surface area contributed by atoms with Crippen LogP contribution in [-0.2, 0) is 19.1 Å². The van der Waals surface area contributed by atoms with Crippen molar-refractivity contribution in [2.75, 3.05) is 19.8 Å². The molecule has 0 bridgehead atoms. The van der Waals surface area contributed by atoms with Gasteiger partial charge < -0.3 is 29.5 Å². The Balaban J connectivity index is 1.34. The lowest BCUT2D eigenvalue weighted by Crippen LogP contribution is -2.68. The Bertz CT molecular complexity index is 995. The molecule has 2 unspecified atom stereocenters. The Kier molecular flexibility index (Phi) is 8.85. The van der Waals surface area contributed by atoms with Crippen molar-refractivity contribution in [3.8, 4) is 5.75 Å². The van der Waals surface area contributed by atoms with Crippen LogP contribution in [0.3, 0.4) is 0 Å². The summed E-state index contributed by atoms with van der Waals surface area (Å²) in [6.07, 6.45) is 6.18. The Morgan fingerprint density at radius 2 is 1.82 bits per heavy atom. The van der Waals surface area contributed by atoms with Gasteiger partial charge in [-0.3, -0.25) is 4.79 Å². The fourth-order valence-corrected chi connectivity index (χ4v) is 6.29. The molecule has 9 nitrogen and oxygen atoms in total. The molecule has 2 aliphatic heterocycles. The van der Waals surface area contributed by atoms with Crippen LogP contribution >= 0.6 is 0 Å². The third-order valence-electron chi connectivity index (χ3n) is 7.99. The highest BCUT2D eigenvalue weighted by Gasteiger charge is 2.49. The highest BCUT2D eigenvalue weighted by atomic mass is 16.6. The molecular formula is C29H42N2O7. The second-order valence-electron chi connectivity index (χ2n) is 11.9. The van der Waals surface area contributed by atoms with E-state index in [0.29, 0.717) is 24.6 Å². The van der Waals surface area contributed by atoms with Crippen LogP contribution in [-0.4, -0.2) is 71.0 Å². The van der Waals surface area contributed by atoms with Gasteiger partial charge in [-0.2, -0.15) is 0 Å². The summed E-state index contributed by atoms with van der Waals surface area (Å²) in [5, 5.41) is 13.0. The molecule has 38 heavy (non-hydrogen) atoms. The summed E-state index contributed by atoms with van der Waals surface area (Å²) >= 11 is 0. The molecule has 0 radical (unpaired) electrons. The van der Waals surface area contributed by atoms with Gasteiger partial charge in [-0.05, 0) is 89.7 Å². The number of ether oxygens (including phenoxy) is 3. The molecule has 1 aromatic carbocycles. The Morgan fingerprint density at radius 1 is 1.11 bits per heavy atom. The molecule has 210 valence electrons. The average molecular weight is 531 g/mol. The fraction of sp³-hybridized carbons (Fsp3) is 0.690. The van der Waals surface area contributed by atoms with Gasteiger partial charge in [0.1, 0.15) is 11.4 Å². The van der Waals surface area contributed by atoms with E-state index in [-0.39, 0.29) is 31.3 Å². The summed E-state index contributed by atoms with van der Waals surface area (Å²) in [6, 6.07) is 7.46. The summed E-state index contributed by atoms with van der Waals surface area (Å²) in [5.41, 5.74) is -0.00415. The van der Waals surface area contributed by atoms with E-state index < -0.39 is 23.2 Å². The molecule has 9 heteroatoms. The van der Waals surface area contributed by atoms with Gasteiger partial charge in [-0.25, -0.2) is 9.59 Å². The molecule has 0 aromatic heterocycles. The SMILES string of the molecule is CC(C)(C)OC(=O)COc1ccccc1C1CCC(OCC2N(C(=O)O)CCCC23CCCC(=O)N3)CC1. The van der Waals surface area contributed by atoms with Crippen molar-refractivity contribution < 1.29 is 33.7 Å². The van der Waals surface area contributed by atoms with Gasteiger partial charge in [-0.15, -0.1) is 0 Å². The first-order valence-corrected chi connectivity index (χ1v) is 13.9. The number of carbonyl (C=O) groups is 3. The molecule has 4 rings (SSSR count). The maximum atomic E-state index is 12.3. The second kappa shape index (κ2) is 11.9. The fourth-order valence-electron chi connectivity index (χ4n) is 6.29. The standard InChI is InChI=1S/C29H42N2O7/c1-28(2,3)38-26(33)19-37-23-9-5-4-8-22(23)20-11-13-21(14-12-20)36-18-24-29(15-6-10-25(32)30-29)16-7-17-31(24)27(34)35/h4-5,8-9,20-21,24H,6-7,10-19H2,1-3H3,(H,30,32)(H,34,35). The smallest absolute Gasteiger partial charge is 0.407 e. The molecule has 2 N–H and O–H groups in total. The lowest BCUT2D eigenvalue weighted by molar-refractivity contribution is -0.157. The number of carboxylic acid groups (broad SMARTS) is 1. The molecule has 1 spiro atoms. The summed E-state index contributed by atoms with van der Waals surface area (Å²) in [5.74, 6) is 0.604. The Labute approximate surface area is 225 Å². The number of piperidine rings is 2. The van der Waals surface area contributed by atoms with Crippen molar-refractivity contribution in [1.82, 2.24) is 10.2 Å². The topological polar surface area (TPSA) is 114 Å². The highest BCUT2D eigenvalue weighted by molar-refractivity contribution is 5.78. The van der Waals surface area contributed by atoms with E-state index in [4.69, 9.17) is 14.2 Å². The summed E-state index contributed by atoms with van der Waals surface area (Å²) < 4.78 is 17.6. The second-order valence-corrected chi connectivity index (χ2v) is 11.9. The van der Waals surface area contributed by atoms with Crippen LogP contribution in [0.2, 0.25) is 0 Å². The maximum Gasteiger partial charge on any atom is 0.407 e. The van der Waals surface area contributed by atoms with Gasteiger partial charge >= 0.3 is 12.1 Å². The number of carbonyl (C=O) groups excluding carboxylic acids is 2. The third-order valence-corrected chi connectivity index (χ3v) is 7.99. The molecule has 3 fully saturated rings. The van der Waals surface area contributed by atoms with E-state index in [9.17, 15) is 19.5 Å². The van der Waals surface area contributed by atoms with Gasteiger partial charge in [0.25, 0.3) is 0 Å². The lowest BCUT2D eigenvalue weighted by Gasteiger charge is -2.51. The Morgan fingerprint density at radius 3 is 2.50 bits per heavy atom. The number of nitrogens with zero attached hydrogens (tertiary/aromatic N) is 1. The van der Waals surface area contributed by atoms with Crippen molar-refractivity contribution in [1.29, 1.82) is 0 Å². The highest BCUT2D eigenvalue weighted by Crippen LogP contribution is 2.40. The molecule has 2 heterocycles. The minimum Gasteiger partial charge on any atom is -0.482 e. The first-order valence-electron chi connectivity index (χ1n) is 13.9. The molecule has 2 saturated heterocycles. The van der Waals surface area contributed by atoms with E-state index in [1.807, 2.05) is 39.0 Å². The third kappa shape index (κ3) is 6.98. The molecule has 1 aromatic rings.